The molecule has 0 saturated carbocycles. The minimum absolute atomic E-state index is 0. The summed E-state index contributed by atoms with van der Waals surface area (Å²) < 4.78 is 0. The number of carboxylic acid groups (broad SMARTS) is 1. The predicted octanol–water partition coefficient (Wildman–Crippen LogP) is 1.20. The molecule has 1 aromatic carbocycles. The zero-order valence-electron chi connectivity index (χ0n) is 7.42. The van der Waals surface area contributed by atoms with Gasteiger partial charge in [0, 0.05) is 28.4 Å². The molecule has 16 heavy (non-hydrogen) atoms. The number of rotatable bonds is 3. The van der Waals surface area contributed by atoms with Gasteiger partial charge in [0.15, 0.2) is 0 Å². The van der Waals surface area contributed by atoms with Crippen LogP contribution in [-0.2, 0) is 22.4 Å². The van der Waals surface area contributed by atoms with Gasteiger partial charge in [-0.05, 0) is 6.07 Å². The van der Waals surface area contributed by atoms with Crippen LogP contribution in [0.2, 0.25) is 0 Å². The fourth-order valence-electron chi connectivity index (χ4n) is 1.04. The molecule has 8 nitrogen and oxygen atoms in total. The molecular formula is C7H4AgN2O6. The standard InChI is InChI=1S/C7H4N2O6.Ag/c10-7(11)4-2-1-3-5(8(12)13)6(4)9(14)15;/h1-3H,(H,10,11);. The Morgan fingerprint density at radius 3 is 2.12 bits per heavy atom. The molecule has 1 N–H and O–H groups in total. The first-order valence-electron chi connectivity index (χ1n) is 3.60. The van der Waals surface area contributed by atoms with E-state index in [0.717, 1.165) is 18.2 Å². The summed E-state index contributed by atoms with van der Waals surface area (Å²) in [5.41, 5.74) is -2.54. The smallest absolute Gasteiger partial charge is 0.360 e. The predicted molar refractivity (Wildman–Crippen MR) is 46.7 cm³/mol. The van der Waals surface area contributed by atoms with E-state index < -0.39 is 32.8 Å². The third kappa shape index (κ3) is 2.63. The summed E-state index contributed by atoms with van der Waals surface area (Å²) in [5, 5.41) is 29.5. The second kappa shape index (κ2) is 5.35. The molecule has 0 amide bonds. The Labute approximate surface area is 104 Å². The third-order valence-electron chi connectivity index (χ3n) is 1.62. The van der Waals surface area contributed by atoms with E-state index in [9.17, 15) is 25.0 Å². The Kier molecular flexibility index (Phi) is 4.76. The fraction of sp³-hybridized carbons (Fsp3) is 0. The Bertz CT molecular complexity index is 428. The minimum atomic E-state index is -1.58. The number of hydrogen-bond acceptors (Lipinski definition) is 5. The quantitative estimate of drug-likeness (QED) is 0.507. The second-order valence-corrected chi connectivity index (χ2v) is 2.49. The van der Waals surface area contributed by atoms with Crippen LogP contribution in [0, 0.1) is 20.2 Å². The first-order valence-corrected chi connectivity index (χ1v) is 3.60. The Morgan fingerprint density at radius 2 is 1.75 bits per heavy atom. The van der Waals surface area contributed by atoms with Crippen molar-refractivity contribution in [2.75, 3.05) is 0 Å². The van der Waals surface area contributed by atoms with Gasteiger partial charge in [-0.1, -0.05) is 6.07 Å². The van der Waals surface area contributed by atoms with Gasteiger partial charge in [-0.3, -0.25) is 20.2 Å². The molecule has 0 bridgehead atoms. The van der Waals surface area contributed by atoms with Crippen molar-refractivity contribution in [2.45, 2.75) is 0 Å². The molecule has 1 radical (unpaired) electrons. The van der Waals surface area contributed by atoms with Crippen molar-refractivity contribution >= 4 is 17.3 Å². The van der Waals surface area contributed by atoms with Gasteiger partial charge >= 0.3 is 17.3 Å². The maximum atomic E-state index is 10.6. The van der Waals surface area contributed by atoms with Crippen LogP contribution in [0.5, 0.6) is 0 Å². The fourth-order valence-corrected chi connectivity index (χ4v) is 1.04. The average Bonchev–Trinajstić information content (AvgIpc) is 2.16. The molecular weight excluding hydrogens is 316 g/mol. The molecule has 0 aliphatic rings. The number of nitro benzene ring substituents is 2. The second-order valence-electron chi connectivity index (χ2n) is 2.49. The van der Waals surface area contributed by atoms with Crippen LogP contribution in [0.1, 0.15) is 10.4 Å². The average molecular weight is 320 g/mol. The SMILES string of the molecule is O=C(O)c1cccc([N+](=O)[O-])c1[N+](=O)[O-].[Ag]. The maximum absolute atomic E-state index is 10.6. The van der Waals surface area contributed by atoms with Crippen LogP contribution >= 0.6 is 0 Å². The molecule has 0 heterocycles. The van der Waals surface area contributed by atoms with E-state index in [4.69, 9.17) is 5.11 Å². The van der Waals surface area contributed by atoms with E-state index in [1.54, 1.807) is 0 Å². The molecule has 0 aliphatic heterocycles. The van der Waals surface area contributed by atoms with Crippen molar-refractivity contribution in [3.05, 3.63) is 44.0 Å². The van der Waals surface area contributed by atoms with Crippen LogP contribution in [0.3, 0.4) is 0 Å². The molecule has 89 valence electrons. The molecule has 1 rings (SSSR count). The van der Waals surface area contributed by atoms with Gasteiger partial charge < -0.3 is 5.11 Å². The minimum Gasteiger partial charge on any atom is -0.477 e. The van der Waals surface area contributed by atoms with Crippen LogP contribution < -0.4 is 0 Å². The molecule has 0 atom stereocenters. The van der Waals surface area contributed by atoms with E-state index in [2.05, 4.69) is 0 Å². The number of benzene rings is 1. The first kappa shape index (κ1) is 14.2. The third-order valence-corrected chi connectivity index (χ3v) is 1.62. The van der Waals surface area contributed by atoms with E-state index in [-0.39, 0.29) is 22.4 Å². The maximum Gasteiger partial charge on any atom is 0.360 e. The molecule has 0 aliphatic carbocycles. The van der Waals surface area contributed by atoms with Crippen LogP contribution in [0.15, 0.2) is 18.2 Å². The summed E-state index contributed by atoms with van der Waals surface area (Å²) >= 11 is 0. The summed E-state index contributed by atoms with van der Waals surface area (Å²) in [5.74, 6) is -1.58. The van der Waals surface area contributed by atoms with Crippen molar-refractivity contribution in [1.82, 2.24) is 0 Å². The number of hydrogen-bond donors (Lipinski definition) is 1. The number of nitrogens with zero attached hydrogens (tertiary/aromatic N) is 2. The normalized spacial score (nSPS) is 9.00. The van der Waals surface area contributed by atoms with E-state index >= 15 is 0 Å². The van der Waals surface area contributed by atoms with E-state index in [1.807, 2.05) is 0 Å². The molecule has 0 aromatic heterocycles. The Hall–Kier alpha value is -1.77. The largest absolute Gasteiger partial charge is 0.477 e. The summed E-state index contributed by atoms with van der Waals surface area (Å²) in [6.07, 6.45) is 0. The number of para-hydroxylation sites is 1. The summed E-state index contributed by atoms with van der Waals surface area (Å²) in [4.78, 5) is 29.4. The first-order chi connectivity index (χ1) is 6.95. The molecule has 0 fully saturated rings. The molecule has 0 saturated heterocycles. The Balaban J connectivity index is 0.00000225. The zero-order valence-corrected chi connectivity index (χ0v) is 8.90. The van der Waals surface area contributed by atoms with Gasteiger partial charge in [-0.2, -0.15) is 0 Å². The molecule has 0 unspecified atom stereocenters. The van der Waals surface area contributed by atoms with Gasteiger partial charge in [0.25, 0.3) is 0 Å². The van der Waals surface area contributed by atoms with Crippen LogP contribution in [-0.4, -0.2) is 20.9 Å². The van der Waals surface area contributed by atoms with Gasteiger partial charge in [-0.25, -0.2) is 4.79 Å². The summed E-state index contributed by atoms with van der Waals surface area (Å²) in [6, 6.07) is 2.90. The van der Waals surface area contributed by atoms with Crippen molar-refractivity contribution < 1.29 is 42.1 Å². The van der Waals surface area contributed by atoms with E-state index in [0.29, 0.717) is 0 Å². The van der Waals surface area contributed by atoms with E-state index in [1.165, 1.54) is 0 Å². The topological polar surface area (TPSA) is 124 Å². The number of nitro groups is 2. The monoisotopic (exact) mass is 319 g/mol. The van der Waals surface area contributed by atoms with Gasteiger partial charge in [0.1, 0.15) is 5.56 Å². The summed E-state index contributed by atoms with van der Waals surface area (Å²) in [7, 11) is 0. The van der Waals surface area contributed by atoms with Gasteiger partial charge in [0.05, 0.1) is 9.85 Å². The number of carbonyl (C=O) groups is 1. The zero-order chi connectivity index (χ0) is 11.6. The number of carboxylic acids is 1. The van der Waals surface area contributed by atoms with Crippen molar-refractivity contribution in [2.24, 2.45) is 0 Å². The van der Waals surface area contributed by atoms with Crippen molar-refractivity contribution in [3.63, 3.8) is 0 Å². The van der Waals surface area contributed by atoms with Crippen LogP contribution in [0.4, 0.5) is 11.4 Å². The van der Waals surface area contributed by atoms with Gasteiger partial charge in [0.2, 0.25) is 0 Å². The Morgan fingerprint density at radius 1 is 1.19 bits per heavy atom. The molecule has 9 heteroatoms. The van der Waals surface area contributed by atoms with Gasteiger partial charge in [-0.15, -0.1) is 0 Å². The van der Waals surface area contributed by atoms with Crippen LogP contribution in [0.25, 0.3) is 0 Å². The molecule has 0 spiro atoms. The number of aromatic carboxylic acids is 1. The van der Waals surface area contributed by atoms with Crippen molar-refractivity contribution in [1.29, 1.82) is 0 Å². The van der Waals surface area contributed by atoms with Crippen molar-refractivity contribution in [3.8, 4) is 0 Å². The summed E-state index contributed by atoms with van der Waals surface area (Å²) in [6.45, 7) is 0. The molecule has 1 aromatic rings.